The number of benzene rings is 16. The molecule has 0 saturated heterocycles. The lowest BCUT2D eigenvalue weighted by Crippen LogP contribution is -2.17. The van der Waals surface area contributed by atoms with Crippen LogP contribution in [0.4, 0.5) is 34.1 Å². The van der Waals surface area contributed by atoms with Gasteiger partial charge in [0.25, 0.3) is 0 Å². The maximum Gasteiger partial charge on any atom is 0.0468 e. The van der Waals surface area contributed by atoms with Crippen molar-refractivity contribution in [2.45, 2.75) is 38.5 Å². The summed E-state index contributed by atoms with van der Waals surface area (Å²) in [6, 6.07) is 114. The standard InChI is InChI=1S/C88H62N2/c1-87(2)81-38-22-21-37-71(81)72-45-40-62(53-82(72)87)89(58-26-7-5-8-27-58)60-42-47-74-79(51-60)84(77-49-56-24-12-14-30-64(56)67-33-17-19-35-69(67)77)75-48-43-61(52-80(75)85(74)78-50-57-25-13-15-31-65(57)68-34-18-20-36-70(68)78)90(59-28-9-6-10-29-59)63-41-46-73-76-44-39-55-23-11-16-32-66(55)86(76)88(3,4)83(73)54-63/h5-54H,1-4H3. The summed E-state index contributed by atoms with van der Waals surface area (Å²) in [4.78, 5) is 4.97. The van der Waals surface area contributed by atoms with E-state index in [4.69, 9.17) is 0 Å². The Hall–Kier alpha value is -11.1. The van der Waals surface area contributed by atoms with Crippen molar-refractivity contribution in [2.24, 2.45) is 0 Å². The molecule has 0 heterocycles. The monoisotopic (exact) mass is 1150 g/mol. The van der Waals surface area contributed by atoms with Gasteiger partial charge in [0, 0.05) is 45.0 Å². The summed E-state index contributed by atoms with van der Waals surface area (Å²) in [5.41, 5.74) is 21.7. The van der Waals surface area contributed by atoms with E-state index in [0.29, 0.717) is 0 Å². The van der Waals surface area contributed by atoms with E-state index in [1.165, 1.54) is 142 Å². The second-order valence-corrected chi connectivity index (χ2v) is 25.9. The van der Waals surface area contributed by atoms with Crippen LogP contribution in [0.1, 0.15) is 49.9 Å². The average Bonchev–Trinajstić information content (AvgIpc) is 0.927. The first kappa shape index (κ1) is 52.1. The van der Waals surface area contributed by atoms with Gasteiger partial charge in [-0.15, -0.1) is 0 Å². The van der Waals surface area contributed by atoms with E-state index in [9.17, 15) is 0 Å². The predicted molar refractivity (Wildman–Crippen MR) is 384 cm³/mol. The van der Waals surface area contributed by atoms with E-state index in [1.54, 1.807) is 0 Å². The first-order valence-electron chi connectivity index (χ1n) is 31.6. The van der Waals surface area contributed by atoms with E-state index >= 15 is 0 Å². The van der Waals surface area contributed by atoms with Gasteiger partial charge < -0.3 is 9.80 Å². The van der Waals surface area contributed by atoms with E-state index < -0.39 is 0 Å². The van der Waals surface area contributed by atoms with Crippen molar-refractivity contribution in [2.75, 3.05) is 9.80 Å². The highest BCUT2D eigenvalue weighted by atomic mass is 15.1. The van der Waals surface area contributed by atoms with Crippen molar-refractivity contribution >= 4 is 110 Å². The molecule has 0 N–H and O–H groups in total. The molecule has 0 atom stereocenters. The fourth-order valence-electron chi connectivity index (χ4n) is 16.2. The molecule has 0 saturated carbocycles. The first-order valence-corrected chi connectivity index (χ1v) is 31.6. The molecule has 18 rings (SSSR count). The van der Waals surface area contributed by atoms with Crippen LogP contribution in [0.5, 0.6) is 0 Å². The SMILES string of the molecule is CC1(C)c2ccccc2-c2ccc(N(c3ccccc3)c3ccc4c(-c5cc6ccccc6c6ccccc56)c5cc(N(c6ccccc6)c6ccc7c(c6)C(C)(C)c6c-7ccc7ccccc67)ccc5c(-c5cc6ccccc6c6ccccc56)c4c3)cc21. The molecule has 0 bridgehead atoms. The molecule has 0 unspecified atom stereocenters. The van der Waals surface area contributed by atoms with E-state index in [0.717, 1.165) is 34.1 Å². The third kappa shape index (κ3) is 7.71. The van der Waals surface area contributed by atoms with Gasteiger partial charge in [-0.1, -0.05) is 246 Å². The van der Waals surface area contributed by atoms with E-state index in [-0.39, 0.29) is 10.8 Å². The Morgan fingerprint density at radius 3 is 1.11 bits per heavy atom. The van der Waals surface area contributed by atoms with Crippen LogP contribution in [0, 0.1) is 0 Å². The van der Waals surface area contributed by atoms with Gasteiger partial charge in [0.1, 0.15) is 0 Å². The van der Waals surface area contributed by atoms with Gasteiger partial charge >= 0.3 is 0 Å². The van der Waals surface area contributed by atoms with Crippen LogP contribution in [-0.4, -0.2) is 0 Å². The number of hydrogen-bond donors (Lipinski definition) is 0. The summed E-state index contributed by atoms with van der Waals surface area (Å²) in [5, 5.41) is 17.2. The van der Waals surface area contributed by atoms with Crippen LogP contribution in [0.15, 0.2) is 303 Å². The average molecular weight is 1150 g/mol. The lowest BCUT2D eigenvalue weighted by molar-refractivity contribution is 0.660. The van der Waals surface area contributed by atoms with Gasteiger partial charge in [-0.05, 0) is 227 Å². The van der Waals surface area contributed by atoms with Crippen LogP contribution in [-0.2, 0) is 10.8 Å². The number of hydrogen-bond acceptors (Lipinski definition) is 2. The molecule has 0 aliphatic heterocycles. The molecule has 0 aromatic heterocycles. The highest BCUT2D eigenvalue weighted by Crippen LogP contribution is 2.56. The van der Waals surface area contributed by atoms with Crippen LogP contribution in [0.25, 0.3) is 120 Å². The minimum atomic E-state index is -0.244. The summed E-state index contributed by atoms with van der Waals surface area (Å²) >= 11 is 0. The van der Waals surface area contributed by atoms with Crippen LogP contribution in [0.2, 0.25) is 0 Å². The van der Waals surface area contributed by atoms with Crippen molar-refractivity contribution < 1.29 is 0 Å². The highest BCUT2D eigenvalue weighted by molar-refractivity contribution is 6.29. The van der Waals surface area contributed by atoms with Gasteiger partial charge in [-0.3, -0.25) is 0 Å². The fourth-order valence-corrected chi connectivity index (χ4v) is 16.2. The van der Waals surface area contributed by atoms with Gasteiger partial charge in [-0.25, -0.2) is 0 Å². The highest BCUT2D eigenvalue weighted by Gasteiger charge is 2.39. The molecule has 16 aromatic carbocycles. The second kappa shape index (κ2) is 19.7. The van der Waals surface area contributed by atoms with Gasteiger partial charge in [0.2, 0.25) is 0 Å². The minimum absolute atomic E-state index is 0.179. The normalized spacial score (nSPS) is 13.5. The Kier molecular flexibility index (Phi) is 11.4. The molecular formula is C88H62N2. The Labute approximate surface area is 524 Å². The zero-order valence-electron chi connectivity index (χ0n) is 50.8. The zero-order chi connectivity index (χ0) is 60.0. The van der Waals surface area contributed by atoms with Crippen molar-refractivity contribution in [1.82, 2.24) is 0 Å². The summed E-state index contributed by atoms with van der Waals surface area (Å²) in [6.45, 7) is 9.59. The van der Waals surface area contributed by atoms with Crippen LogP contribution < -0.4 is 9.80 Å². The molecule has 16 aromatic rings. The molecule has 2 aliphatic carbocycles. The number of anilines is 6. The summed E-state index contributed by atoms with van der Waals surface area (Å²) in [6.07, 6.45) is 0. The number of para-hydroxylation sites is 2. The molecular weight excluding hydrogens is 1080 g/mol. The Bertz CT molecular complexity index is 5680. The minimum Gasteiger partial charge on any atom is -0.310 e. The zero-order valence-corrected chi connectivity index (χ0v) is 50.8. The molecule has 0 radical (unpaired) electrons. The first-order chi connectivity index (χ1) is 44.2. The van der Waals surface area contributed by atoms with E-state index in [2.05, 4.69) is 341 Å². The van der Waals surface area contributed by atoms with Gasteiger partial charge in [0.15, 0.2) is 0 Å². The Balaban J connectivity index is 0.954. The fraction of sp³-hybridized carbons (Fsp3) is 0.0682. The second-order valence-electron chi connectivity index (χ2n) is 25.9. The quantitative estimate of drug-likeness (QED) is 0.111. The van der Waals surface area contributed by atoms with Crippen LogP contribution >= 0.6 is 0 Å². The number of fused-ring (bicyclic) bond motifs is 16. The van der Waals surface area contributed by atoms with Crippen molar-refractivity contribution in [3.8, 4) is 44.5 Å². The molecule has 424 valence electrons. The molecule has 2 heteroatoms. The maximum atomic E-state index is 2.52. The number of rotatable bonds is 8. The van der Waals surface area contributed by atoms with Gasteiger partial charge in [0.05, 0.1) is 0 Å². The number of nitrogens with zero attached hydrogens (tertiary/aromatic N) is 2. The third-order valence-electron chi connectivity index (χ3n) is 20.3. The topological polar surface area (TPSA) is 6.48 Å². The Morgan fingerprint density at radius 2 is 0.578 bits per heavy atom. The maximum absolute atomic E-state index is 2.52. The van der Waals surface area contributed by atoms with Crippen LogP contribution in [0.3, 0.4) is 0 Å². The van der Waals surface area contributed by atoms with Crippen molar-refractivity contribution in [3.63, 3.8) is 0 Å². The largest absolute Gasteiger partial charge is 0.310 e. The summed E-state index contributed by atoms with van der Waals surface area (Å²) in [5.74, 6) is 0. The van der Waals surface area contributed by atoms with Crippen molar-refractivity contribution in [1.29, 1.82) is 0 Å². The Morgan fingerprint density at radius 1 is 0.200 bits per heavy atom. The lowest BCUT2D eigenvalue weighted by Gasteiger charge is -2.30. The van der Waals surface area contributed by atoms with Crippen molar-refractivity contribution in [3.05, 3.63) is 326 Å². The lowest BCUT2D eigenvalue weighted by atomic mass is 9.80. The van der Waals surface area contributed by atoms with Gasteiger partial charge in [-0.2, -0.15) is 0 Å². The molecule has 2 nitrogen and oxygen atoms in total. The molecule has 0 spiro atoms. The molecule has 0 amide bonds. The molecule has 2 aliphatic rings. The predicted octanol–water partition coefficient (Wildman–Crippen LogP) is 24.6. The third-order valence-corrected chi connectivity index (χ3v) is 20.3. The molecule has 0 fully saturated rings. The smallest absolute Gasteiger partial charge is 0.0468 e. The summed E-state index contributed by atoms with van der Waals surface area (Å²) < 4.78 is 0. The van der Waals surface area contributed by atoms with E-state index in [1.807, 2.05) is 0 Å². The molecule has 90 heavy (non-hydrogen) atoms. The summed E-state index contributed by atoms with van der Waals surface area (Å²) in [7, 11) is 0.